The number of aryl methyl sites for hydroxylation is 3. The van der Waals surface area contributed by atoms with Crippen LogP contribution in [0.1, 0.15) is 33.4 Å². The van der Waals surface area contributed by atoms with Gasteiger partial charge in [0.15, 0.2) is 0 Å². The zero-order chi connectivity index (χ0) is 20.3. The maximum Gasteiger partial charge on any atom is 0.0906 e. The minimum absolute atomic E-state index is 0.870. The van der Waals surface area contributed by atoms with E-state index in [0.717, 1.165) is 22.6 Å². The molecule has 0 saturated carbocycles. The van der Waals surface area contributed by atoms with Crippen LogP contribution in [0.5, 0.6) is 0 Å². The quantitative estimate of drug-likeness (QED) is 0.392. The molecule has 0 aliphatic carbocycles. The van der Waals surface area contributed by atoms with E-state index in [0.29, 0.717) is 0 Å². The van der Waals surface area contributed by atoms with Gasteiger partial charge in [-0.15, -0.1) is 5.11 Å². The molecule has 0 saturated heterocycles. The average Bonchev–Trinajstić information content (AvgIpc) is 2.67. The topological polar surface area (TPSA) is 40.0 Å². The maximum atomic E-state index is 4.43. The molecule has 144 valence electrons. The van der Waals surface area contributed by atoms with E-state index in [4.69, 9.17) is 0 Å². The number of nitrogens with one attached hydrogen (secondary N) is 1. The van der Waals surface area contributed by atoms with Gasteiger partial charge in [0.1, 0.15) is 0 Å². The lowest BCUT2D eigenvalue weighted by atomic mass is 10.0. The molecule has 0 spiro atoms. The van der Waals surface area contributed by atoms with Crippen LogP contribution in [0.25, 0.3) is 0 Å². The summed E-state index contributed by atoms with van der Waals surface area (Å²) in [6, 6.07) is 18.7. The van der Waals surface area contributed by atoms with Crippen LogP contribution in [0, 0.1) is 41.5 Å². The van der Waals surface area contributed by atoms with E-state index in [9.17, 15) is 0 Å². The van der Waals surface area contributed by atoms with Gasteiger partial charge < -0.3 is 0 Å². The molecule has 0 heterocycles. The Kier molecular flexibility index (Phi) is 5.78. The van der Waals surface area contributed by atoms with E-state index >= 15 is 0 Å². The second-order valence-electron chi connectivity index (χ2n) is 7.29. The molecule has 0 atom stereocenters. The van der Waals surface area contributed by atoms with E-state index < -0.39 is 0 Å². The van der Waals surface area contributed by atoms with Gasteiger partial charge in [0.05, 0.1) is 17.1 Å². The third-order valence-corrected chi connectivity index (χ3v) is 5.51. The molecule has 3 aromatic carbocycles. The second-order valence-corrected chi connectivity index (χ2v) is 7.29. The predicted molar refractivity (Wildman–Crippen MR) is 118 cm³/mol. The van der Waals surface area contributed by atoms with Crippen LogP contribution in [0.4, 0.5) is 17.1 Å². The molecule has 4 nitrogen and oxygen atoms in total. The highest BCUT2D eigenvalue weighted by Gasteiger charge is 2.15. The summed E-state index contributed by atoms with van der Waals surface area (Å²) in [5, 5.41) is 10.8. The van der Waals surface area contributed by atoms with Crippen molar-refractivity contribution >= 4 is 17.1 Å². The van der Waals surface area contributed by atoms with Crippen molar-refractivity contribution in [1.82, 2.24) is 5.53 Å². The lowest BCUT2D eigenvalue weighted by Gasteiger charge is -2.27. The molecule has 0 aromatic heterocycles. The highest BCUT2D eigenvalue weighted by molar-refractivity contribution is 5.69. The van der Waals surface area contributed by atoms with Crippen LogP contribution in [0.15, 0.2) is 64.9 Å². The van der Waals surface area contributed by atoms with Crippen LogP contribution in [0.2, 0.25) is 0 Å². The molecular formula is C24H28N4. The van der Waals surface area contributed by atoms with Crippen molar-refractivity contribution < 1.29 is 0 Å². The average molecular weight is 373 g/mol. The van der Waals surface area contributed by atoms with E-state index in [2.05, 4.69) is 99.9 Å². The normalized spacial score (nSPS) is 11.1. The minimum Gasteiger partial charge on any atom is -0.239 e. The van der Waals surface area contributed by atoms with Crippen LogP contribution in [-0.4, -0.2) is 0 Å². The Morgan fingerprint density at radius 2 is 1.07 bits per heavy atom. The number of hydrazine groups is 1. The summed E-state index contributed by atoms with van der Waals surface area (Å²) in [7, 11) is 0. The number of benzene rings is 3. The van der Waals surface area contributed by atoms with Crippen LogP contribution >= 0.6 is 0 Å². The monoisotopic (exact) mass is 372 g/mol. The Labute approximate surface area is 167 Å². The predicted octanol–water partition coefficient (Wildman–Crippen LogP) is 6.88. The van der Waals surface area contributed by atoms with Gasteiger partial charge in [-0.2, -0.15) is 5.53 Å². The first-order valence-corrected chi connectivity index (χ1v) is 9.55. The Morgan fingerprint density at radius 1 is 0.607 bits per heavy atom. The number of nitrogens with zero attached hydrogens (tertiary/aromatic N) is 3. The minimum atomic E-state index is 0.870. The third-order valence-electron chi connectivity index (χ3n) is 5.51. The van der Waals surface area contributed by atoms with Crippen LogP contribution < -0.4 is 10.5 Å². The first-order chi connectivity index (χ1) is 13.4. The zero-order valence-electron chi connectivity index (χ0n) is 17.5. The van der Waals surface area contributed by atoms with E-state index in [1.807, 2.05) is 17.1 Å². The van der Waals surface area contributed by atoms with Gasteiger partial charge in [-0.05, 0) is 93.1 Å². The zero-order valence-corrected chi connectivity index (χ0v) is 17.5. The van der Waals surface area contributed by atoms with E-state index in [1.165, 1.54) is 27.8 Å². The number of hydrogen-bond donors (Lipinski definition) is 1. The fourth-order valence-electron chi connectivity index (χ4n) is 3.16. The van der Waals surface area contributed by atoms with Gasteiger partial charge in [-0.25, -0.2) is 5.01 Å². The van der Waals surface area contributed by atoms with Gasteiger partial charge in [0.25, 0.3) is 0 Å². The van der Waals surface area contributed by atoms with Crippen molar-refractivity contribution in [3.05, 3.63) is 88.0 Å². The van der Waals surface area contributed by atoms with Crippen LogP contribution in [-0.2, 0) is 0 Å². The smallest absolute Gasteiger partial charge is 0.0906 e. The molecular weight excluding hydrogens is 344 g/mol. The van der Waals surface area contributed by atoms with Gasteiger partial charge in [-0.1, -0.05) is 41.6 Å². The van der Waals surface area contributed by atoms with Gasteiger partial charge in [0.2, 0.25) is 0 Å². The molecule has 3 aromatic rings. The summed E-state index contributed by atoms with van der Waals surface area (Å²) in [5.41, 5.74) is 13.4. The standard InChI is InChI=1S/C24H28N4/c1-16-10-7-13-22(19(16)4)25-26-27-28(23-14-8-11-17(2)20(23)5)24-15-9-12-18(3)21(24)6/h7-15H,1-6H3,(H,25,27). The SMILES string of the molecule is Cc1cccc(N=NNN(c2cccc(C)c2C)c2cccc(C)c2C)c1C. The first kappa shape index (κ1) is 19.6. The Hall–Kier alpha value is -3.14. The van der Waals surface area contributed by atoms with Crippen LogP contribution in [0.3, 0.4) is 0 Å². The molecule has 28 heavy (non-hydrogen) atoms. The number of anilines is 2. The first-order valence-electron chi connectivity index (χ1n) is 9.55. The highest BCUT2D eigenvalue weighted by atomic mass is 15.7. The summed E-state index contributed by atoms with van der Waals surface area (Å²) in [6.45, 7) is 12.7. The summed E-state index contributed by atoms with van der Waals surface area (Å²) in [4.78, 5) is 0. The van der Waals surface area contributed by atoms with E-state index in [-0.39, 0.29) is 0 Å². The lowest BCUT2D eigenvalue weighted by molar-refractivity contribution is 0.707. The molecule has 0 aliphatic heterocycles. The lowest BCUT2D eigenvalue weighted by Crippen LogP contribution is -2.30. The summed E-state index contributed by atoms with van der Waals surface area (Å²) in [5.74, 6) is 0. The van der Waals surface area contributed by atoms with Gasteiger partial charge in [-0.3, -0.25) is 0 Å². The molecule has 4 heteroatoms. The van der Waals surface area contributed by atoms with E-state index in [1.54, 1.807) is 0 Å². The fourth-order valence-corrected chi connectivity index (χ4v) is 3.16. The molecule has 0 amide bonds. The molecule has 1 N–H and O–H groups in total. The molecule has 0 radical (unpaired) electrons. The second kappa shape index (κ2) is 8.26. The van der Waals surface area contributed by atoms with Crippen molar-refractivity contribution in [1.29, 1.82) is 0 Å². The Balaban J connectivity index is 2.02. The maximum absolute atomic E-state index is 4.43. The van der Waals surface area contributed by atoms with Crippen molar-refractivity contribution in [2.45, 2.75) is 41.5 Å². The van der Waals surface area contributed by atoms with Crippen molar-refractivity contribution in [3.63, 3.8) is 0 Å². The summed E-state index contributed by atoms with van der Waals surface area (Å²) < 4.78 is 0. The summed E-state index contributed by atoms with van der Waals surface area (Å²) >= 11 is 0. The van der Waals surface area contributed by atoms with Crippen molar-refractivity contribution in [2.24, 2.45) is 10.3 Å². The summed E-state index contributed by atoms with van der Waals surface area (Å²) in [6.07, 6.45) is 0. The van der Waals surface area contributed by atoms with Crippen molar-refractivity contribution in [2.75, 3.05) is 5.01 Å². The molecule has 0 fully saturated rings. The molecule has 0 bridgehead atoms. The number of rotatable bonds is 5. The Morgan fingerprint density at radius 3 is 1.61 bits per heavy atom. The van der Waals surface area contributed by atoms with Crippen molar-refractivity contribution in [3.8, 4) is 0 Å². The van der Waals surface area contributed by atoms with Gasteiger partial charge >= 0.3 is 0 Å². The molecule has 0 unspecified atom stereocenters. The fraction of sp³-hybridized carbons (Fsp3) is 0.250. The molecule has 3 rings (SSSR count). The highest BCUT2D eigenvalue weighted by Crippen LogP contribution is 2.32. The number of hydrogen-bond acceptors (Lipinski definition) is 3. The largest absolute Gasteiger partial charge is 0.239 e. The van der Waals surface area contributed by atoms with Gasteiger partial charge in [0, 0.05) is 0 Å². The third kappa shape index (κ3) is 3.91. The Bertz CT molecular complexity index is 970. The molecule has 0 aliphatic rings.